The molecule has 0 saturated carbocycles. The minimum Gasteiger partial charge on any atom is -0.465 e. The van der Waals surface area contributed by atoms with Gasteiger partial charge in [0.25, 0.3) is 0 Å². The molecular weight excluding hydrogens is 427 g/mol. The number of carbonyl (C=O) groups excluding carboxylic acids is 1. The molecule has 170 valence electrons. The van der Waals surface area contributed by atoms with Crippen LogP contribution < -0.4 is 10.1 Å². The molecule has 1 aromatic carbocycles. The topological polar surface area (TPSA) is 91.2 Å². The molecule has 0 unspecified atom stereocenters. The third-order valence-electron chi connectivity index (χ3n) is 4.63. The molecule has 3 aromatic rings. The molecule has 8 nitrogen and oxygen atoms in total. The van der Waals surface area contributed by atoms with E-state index >= 15 is 0 Å². The molecule has 1 atom stereocenters. The third-order valence-corrected chi connectivity index (χ3v) is 4.63. The Balaban J connectivity index is 1.93. The van der Waals surface area contributed by atoms with E-state index in [1.807, 2.05) is 13.8 Å². The van der Waals surface area contributed by atoms with Crippen molar-refractivity contribution in [2.24, 2.45) is 0 Å². The number of aromatic nitrogens is 4. The van der Waals surface area contributed by atoms with Gasteiger partial charge in [0.2, 0.25) is 5.88 Å². The zero-order chi connectivity index (χ0) is 23.3. The van der Waals surface area contributed by atoms with Gasteiger partial charge in [-0.1, -0.05) is 6.92 Å². The molecule has 0 radical (unpaired) electrons. The molecule has 2 heterocycles. The number of rotatable bonds is 8. The van der Waals surface area contributed by atoms with E-state index in [1.165, 1.54) is 42.6 Å². The number of hydrogen-bond donors (Lipinski definition) is 1. The van der Waals surface area contributed by atoms with Crippen LogP contribution >= 0.6 is 0 Å². The van der Waals surface area contributed by atoms with Crippen molar-refractivity contribution >= 4 is 11.7 Å². The fraction of sp³-hybridized carbons (Fsp3) is 0.333. The maximum absolute atomic E-state index is 13.7. The maximum Gasteiger partial charge on any atom is 0.421 e. The molecule has 0 aliphatic rings. The summed E-state index contributed by atoms with van der Waals surface area (Å²) < 4.78 is 51.3. The van der Waals surface area contributed by atoms with Crippen LogP contribution in [-0.2, 0) is 17.5 Å². The van der Waals surface area contributed by atoms with Gasteiger partial charge in [0.05, 0.1) is 31.6 Å². The van der Waals surface area contributed by atoms with Gasteiger partial charge in [-0.05, 0) is 43.2 Å². The van der Waals surface area contributed by atoms with Crippen molar-refractivity contribution in [2.75, 3.05) is 12.4 Å². The lowest BCUT2D eigenvalue weighted by atomic mass is 10.1. The fourth-order valence-electron chi connectivity index (χ4n) is 2.83. The van der Waals surface area contributed by atoms with E-state index in [2.05, 4.69) is 20.5 Å². The molecule has 0 bridgehead atoms. The normalized spacial score (nSPS) is 12.3. The van der Waals surface area contributed by atoms with E-state index < -0.39 is 23.6 Å². The molecule has 0 spiro atoms. The maximum atomic E-state index is 13.7. The van der Waals surface area contributed by atoms with Gasteiger partial charge in [-0.2, -0.15) is 28.2 Å². The van der Waals surface area contributed by atoms with Crippen LogP contribution in [0.2, 0.25) is 0 Å². The highest BCUT2D eigenvalue weighted by Gasteiger charge is 2.36. The monoisotopic (exact) mass is 449 g/mol. The second-order valence-electron chi connectivity index (χ2n) is 7.01. The molecule has 3 rings (SSSR count). The number of pyridine rings is 1. The Kier molecular flexibility index (Phi) is 6.96. The molecule has 0 aliphatic heterocycles. The van der Waals surface area contributed by atoms with Gasteiger partial charge in [0.1, 0.15) is 11.3 Å². The molecule has 2 aromatic heterocycles. The second-order valence-corrected chi connectivity index (χ2v) is 7.01. The molecule has 0 saturated heterocycles. The molecule has 0 amide bonds. The van der Waals surface area contributed by atoms with Crippen LogP contribution in [-0.4, -0.2) is 39.1 Å². The third kappa shape index (κ3) is 5.54. The number of methoxy groups -OCH3 is 1. The Labute approximate surface area is 182 Å². The minimum absolute atomic E-state index is 0.0135. The number of anilines is 1. The van der Waals surface area contributed by atoms with Crippen LogP contribution in [0.15, 0.2) is 42.9 Å². The number of hydrogen-bond acceptors (Lipinski definition) is 7. The van der Waals surface area contributed by atoms with E-state index in [0.29, 0.717) is 5.69 Å². The first-order valence-corrected chi connectivity index (χ1v) is 9.78. The van der Waals surface area contributed by atoms with Gasteiger partial charge in [-0.15, -0.1) is 0 Å². The summed E-state index contributed by atoms with van der Waals surface area (Å²) in [6, 6.07) is 5.34. The van der Waals surface area contributed by atoms with Gasteiger partial charge in [-0.25, -0.2) is 9.78 Å². The van der Waals surface area contributed by atoms with E-state index in [1.54, 1.807) is 6.07 Å². The first-order chi connectivity index (χ1) is 15.2. The average molecular weight is 449 g/mol. The number of esters is 1. The lowest BCUT2D eigenvalue weighted by Crippen LogP contribution is -2.17. The van der Waals surface area contributed by atoms with E-state index in [-0.39, 0.29) is 29.5 Å². The van der Waals surface area contributed by atoms with Crippen molar-refractivity contribution in [1.82, 2.24) is 20.0 Å². The summed E-state index contributed by atoms with van der Waals surface area (Å²) >= 11 is 0. The number of benzene rings is 1. The highest BCUT2D eigenvalue weighted by molar-refractivity contribution is 5.96. The SMILES string of the molecule is CC[C@H](C)Nc1ccc(Oc2ncc(Cn3nccn3)cc2C(F)(F)F)cc1C(=O)OC. The van der Waals surface area contributed by atoms with E-state index in [4.69, 9.17) is 9.47 Å². The summed E-state index contributed by atoms with van der Waals surface area (Å²) in [5.74, 6) is -1.26. The largest absolute Gasteiger partial charge is 0.465 e. The number of halogens is 3. The van der Waals surface area contributed by atoms with Crippen LogP contribution in [0.1, 0.15) is 41.8 Å². The Bertz CT molecular complexity index is 1070. The molecule has 0 aliphatic carbocycles. The van der Waals surface area contributed by atoms with Crippen LogP contribution in [0.3, 0.4) is 0 Å². The summed E-state index contributed by atoms with van der Waals surface area (Å²) in [7, 11) is 1.22. The molecular formula is C21H22F3N5O3. The van der Waals surface area contributed by atoms with E-state index in [9.17, 15) is 18.0 Å². The van der Waals surface area contributed by atoms with Crippen molar-refractivity contribution in [1.29, 1.82) is 0 Å². The van der Waals surface area contributed by atoms with Crippen LogP contribution in [0.5, 0.6) is 11.6 Å². The molecule has 1 N–H and O–H groups in total. The molecule has 32 heavy (non-hydrogen) atoms. The standard InChI is InChI=1S/C21H22F3N5O3/c1-4-13(2)28-18-6-5-15(10-16(18)20(30)31-3)32-19-17(21(22,23)24)9-14(11-25-19)12-29-26-7-8-27-29/h5-11,13,28H,4,12H2,1-3H3/t13-/m0/s1. The first kappa shape index (κ1) is 23.0. The predicted molar refractivity (Wildman–Crippen MR) is 110 cm³/mol. The van der Waals surface area contributed by atoms with Crippen molar-refractivity contribution < 1.29 is 27.4 Å². The van der Waals surface area contributed by atoms with Crippen LogP contribution in [0.25, 0.3) is 0 Å². The number of ether oxygens (including phenoxy) is 2. The highest BCUT2D eigenvalue weighted by atomic mass is 19.4. The second kappa shape index (κ2) is 9.67. The Morgan fingerprint density at radius 3 is 2.56 bits per heavy atom. The summed E-state index contributed by atoms with van der Waals surface area (Å²) in [5, 5.41) is 10.9. The lowest BCUT2D eigenvalue weighted by Gasteiger charge is -2.18. The average Bonchev–Trinajstić information content (AvgIpc) is 3.27. The highest BCUT2D eigenvalue weighted by Crippen LogP contribution is 2.38. The Morgan fingerprint density at radius 2 is 1.94 bits per heavy atom. The van der Waals surface area contributed by atoms with Gasteiger partial charge in [0, 0.05) is 17.9 Å². The fourth-order valence-corrected chi connectivity index (χ4v) is 2.83. The quantitative estimate of drug-likeness (QED) is 0.505. The van der Waals surface area contributed by atoms with Gasteiger partial charge in [-0.3, -0.25) is 0 Å². The van der Waals surface area contributed by atoms with Gasteiger partial charge >= 0.3 is 12.1 Å². The summed E-state index contributed by atoms with van der Waals surface area (Å²) in [5.41, 5.74) is -0.169. The smallest absolute Gasteiger partial charge is 0.421 e. The van der Waals surface area contributed by atoms with Crippen LogP contribution in [0.4, 0.5) is 18.9 Å². The number of nitrogens with zero attached hydrogens (tertiary/aromatic N) is 4. The van der Waals surface area contributed by atoms with Crippen LogP contribution in [0, 0.1) is 0 Å². The zero-order valence-corrected chi connectivity index (χ0v) is 17.7. The lowest BCUT2D eigenvalue weighted by molar-refractivity contribution is -0.138. The van der Waals surface area contributed by atoms with Gasteiger partial charge < -0.3 is 14.8 Å². The summed E-state index contributed by atoms with van der Waals surface area (Å²) in [6.45, 7) is 3.93. The zero-order valence-electron chi connectivity index (χ0n) is 17.7. The Hall–Kier alpha value is -3.63. The Morgan fingerprint density at radius 1 is 1.22 bits per heavy atom. The molecule has 0 fully saturated rings. The number of carbonyl (C=O) groups is 1. The summed E-state index contributed by atoms with van der Waals surface area (Å²) in [6.07, 6.45) is 0.202. The van der Waals surface area contributed by atoms with Gasteiger partial charge in [0.15, 0.2) is 0 Å². The number of alkyl halides is 3. The van der Waals surface area contributed by atoms with E-state index in [0.717, 1.165) is 12.5 Å². The minimum atomic E-state index is -4.71. The van der Waals surface area contributed by atoms with Crippen molar-refractivity contribution in [2.45, 2.75) is 39.0 Å². The molecule has 11 heteroatoms. The first-order valence-electron chi connectivity index (χ1n) is 9.78. The van der Waals surface area contributed by atoms with Crippen molar-refractivity contribution in [3.8, 4) is 11.6 Å². The predicted octanol–water partition coefficient (Wildman–Crippen LogP) is 4.53. The number of nitrogens with one attached hydrogen (secondary N) is 1. The van der Waals surface area contributed by atoms with Crippen molar-refractivity contribution in [3.63, 3.8) is 0 Å². The van der Waals surface area contributed by atoms with Crippen molar-refractivity contribution in [3.05, 3.63) is 59.5 Å². The summed E-state index contributed by atoms with van der Waals surface area (Å²) in [4.78, 5) is 17.3.